The van der Waals surface area contributed by atoms with E-state index < -0.39 is 0 Å². The predicted octanol–water partition coefficient (Wildman–Crippen LogP) is 3.66. The van der Waals surface area contributed by atoms with Crippen molar-refractivity contribution >= 4 is 10.8 Å². The second kappa shape index (κ2) is 5.45. The monoisotopic (exact) mass is 253 g/mol. The van der Waals surface area contributed by atoms with E-state index in [1.807, 2.05) is 0 Å². The molecule has 1 aliphatic rings. The highest BCUT2D eigenvalue weighted by Crippen LogP contribution is 2.28. The third-order valence-corrected chi connectivity index (χ3v) is 3.79. The molecule has 0 unspecified atom stereocenters. The first-order valence-electron chi connectivity index (χ1n) is 6.81. The first-order chi connectivity index (χ1) is 9.38. The standard InChI is InChI=1S/C17H19NO/c1-19-17-11-10-13-6-2-5-9-15(13)16(17)12-18-14-7-3-4-8-14/h2-6,9-11,14,18H,7-8,12H2,1H3. The van der Waals surface area contributed by atoms with E-state index >= 15 is 0 Å². The van der Waals surface area contributed by atoms with Crippen molar-refractivity contribution in [3.8, 4) is 5.75 Å². The van der Waals surface area contributed by atoms with Crippen LogP contribution in [0.2, 0.25) is 0 Å². The van der Waals surface area contributed by atoms with Crippen LogP contribution in [0.5, 0.6) is 5.75 Å². The maximum Gasteiger partial charge on any atom is 0.123 e. The van der Waals surface area contributed by atoms with Crippen molar-refractivity contribution in [1.82, 2.24) is 5.32 Å². The molecule has 0 saturated carbocycles. The Morgan fingerprint density at radius 3 is 2.68 bits per heavy atom. The van der Waals surface area contributed by atoms with Gasteiger partial charge in [-0.15, -0.1) is 0 Å². The lowest BCUT2D eigenvalue weighted by atomic mass is 10.0. The number of methoxy groups -OCH3 is 1. The Labute approximate surface area is 114 Å². The Bertz CT molecular complexity index is 595. The molecule has 0 amide bonds. The summed E-state index contributed by atoms with van der Waals surface area (Å²) in [4.78, 5) is 0. The summed E-state index contributed by atoms with van der Waals surface area (Å²) in [6.07, 6.45) is 6.76. The third kappa shape index (κ3) is 2.49. The lowest BCUT2D eigenvalue weighted by Crippen LogP contribution is -2.25. The molecule has 0 heterocycles. The summed E-state index contributed by atoms with van der Waals surface area (Å²) in [7, 11) is 1.74. The lowest BCUT2D eigenvalue weighted by molar-refractivity contribution is 0.406. The molecule has 0 aliphatic heterocycles. The summed E-state index contributed by atoms with van der Waals surface area (Å²) in [5, 5.41) is 6.17. The zero-order chi connectivity index (χ0) is 13.1. The fraction of sp³-hybridized carbons (Fsp3) is 0.294. The lowest BCUT2D eigenvalue weighted by Gasteiger charge is -2.16. The van der Waals surface area contributed by atoms with Crippen molar-refractivity contribution in [2.45, 2.75) is 25.4 Å². The van der Waals surface area contributed by atoms with Gasteiger partial charge in [-0.3, -0.25) is 0 Å². The fourth-order valence-corrected chi connectivity index (χ4v) is 2.72. The van der Waals surface area contributed by atoms with E-state index in [0.717, 1.165) is 25.1 Å². The van der Waals surface area contributed by atoms with Crippen LogP contribution in [0.1, 0.15) is 18.4 Å². The number of fused-ring (bicyclic) bond motifs is 1. The SMILES string of the molecule is COc1ccc2ccccc2c1CNC1CC=CC1. The maximum atomic E-state index is 5.51. The van der Waals surface area contributed by atoms with Crippen LogP contribution in [0.4, 0.5) is 0 Å². The van der Waals surface area contributed by atoms with Crippen LogP contribution >= 0.6 is 0 Å². The van der Waals surface area contributed by atoms with E-state index in [0.29, 0.717) is 6.04 Å². The van der Waals surface area contributed by atoms with Crippen molar-refractivity contribution in [2.24, 2.45) is 0 Å². The van der Waals surface area contributed by atoms with Gasteiger partial charge in [0.05, 0.1) is 7.11 Å². The van der Waals surface area contributed by atoms with Gasteiger partial charge in [0.1, 0.15) is 5.75 Å². The molecule has 2 heteroatoms. The van der Waals surface area contributed by atoms with E-state index in [4.69, 9.17) is 4.74 Å². The summed E-state index contributed by atoms with van der Waals surface area (Å²) >= 11 is 0. The zero-order valence-corrected chi connectivity index (χ0v) is 11.2. The fourth-order valence-electron chi connectivity index (χ4n) is 2.72. The molecule has 0 radical (unpaired) electrons. The molecule has 98 valence electrons. The summed E-state index contributed by atoms with van der Waals surface area (Å²) in [5.74, 6) is 0.970. The van der Waals surface area contributed by atoms with Crippen molar-refractivity contribution in [1.29, 1.82) is 0 Å². The highest BCUT2D eigenvalue weighted by atomic mass is 16.5. The quantitative estimate of drug-likeness (QED) is 0.840. The molecule has 0 spiro atoms. The van der Waals surface area contributed by atoms with Gasteiger partial charge in [0, 0.05) is 18.2 Å². The van der Waals surface area contributed by atoms with Gasteiger partial charge in [-0.1, -0.05) is 42.5 Å². The van der Waals surface area contributed by atoms with Crippen molar-refractivity contribution in [3.05, 3.63) is 54.1 Å². The van der Waals surface area contributed by atoms with Crippen molar-refractivity contribution in [2.75, 3.05) is 7.11 Å². The van der Waals surface area contributed by atoms with Crippen LogP contribution in [0.3, 0.4) is 0 Å². The topological polar surface area (TPSA) is 21.3 Å². The Hall–Kier alpha value is -1.80. The minimum absolute atomic E-state index is 0.573. The molecule has 0 fully saturated rings. The maximum absolute atomic E-state index is 5.51. The first kappa shape index (κ1) is 12.2. The molecular formula is C17H19NO. The summed E-state index contributed by atoms with van der Waals surface area (Å²) in [6.45, 7) is 0.858. The minimum Gasteiger partial charge on any atom is -0.496 e. The first-order valence-corrected chi connectivity index (χ1v) is 6.81. The smallest absolute Gasteiger partial charge is 0.123 e. The number of ether oxygens (including phenoxy) is 1. The average molecular weight is 253 g/mol. The predicted molar refractivity (Wildman–Crippen MR) is 79.5 cm³/mol. The van der Waals surface area contributed by atoms with Crippen LogP contribution in [0, 0.1) is 0 Å². The van der Waals surface area contributed by atoms with Gasteiger partial charge >= 0.3 is 0 Å². The van der Waals surface area contributed by atoms with Crippen LogP contribution in [-0.4, -0.2) is 13.2 Å². The molecule has 0 aromatic heterocycles. The van der Waals surface area contributed by atoms with Gasteiger partial charge in [0.25, 0.3) is 0 Å². The van der Waals surface area contributed by atoms with Crippen molar-refractivity contribution < 1.29 is 4.74 Å². The van der Waals surface area contributed by atoms with E-state index in [2.05, 4.69) is 53.9 Å². The molecule has 1 N–H and O–H groups in total. The number of benzene rings is 2. The van der Waals surface area contributed by atoms with E-state index in [1.54, 1.807) is 7.11 Å². The molecule has 3 rings (SSSR count). The zero-order valence-electron chi connectivity index (χ0n) is 11.2. The molecule has 2 aromatic carbocycles. The Morgan fingerprint density at radius 2 is 1.89 bits per heavy atom. The minimum atomic E-state index is 0.573. The summed E-state index contributed by atoms with van der Waals surface area (Å²) in [6, 6.07) is 13.2. The average Bonchev–Trinajstić information content (AvgIpc) is 2.97. The largest absolute Gasteiger partial charge is 0.496 e. The van der Waals surface area contributed by atoms with Gasteiger partial charge < -0.3 is 10.1 Å². The number of hydrogen-bond donors (Lipinski definition) is 1. The van der Waals surface area contributed by atoms with Gasteiger partial charge in [-0.25, -0.2) is 0 Å². The Kier molecular flexibility index (Phi) is 3.51. The molecule has 19 heavy (non-hydrogen) atoms. The van der Waals surface area contributed by atoms with Crippen molar-refractivity contribution in [3.63, 3.8) is 0 Å². The van der Waals surface area contributed by atoms with Crippen LogP contribution in [0.15, 0.2) is 48.6 Å². The molecule has 2 nitrogen and oxygen atoms in total. The Balaban J connectivity index is 1.90. The van der Waals surface area contributed by atoms with Crippen LogP contribution in [0.25, 0.3) is 10.8 Å². The molecule has 0 atom stereocenters. The highest BCUT2D eigenvalue weighted by Gasteiger charge is 2.12. The second-order valence-electron chi connectivity index (χ2n) is 4.99. The van der Waals surface area contributed by atoms with Gasteiger partial charge in [0.2, 0.25) is 0 Å². The number of hydrogen-bond acceptors (Lipinski definition) is 2. The van der Waals surface area contributed by atoms with Gasteiger partial charge in [-0.05, 0) is 29.7 Å². The third-order valence-electron chi connectivity index (χ3n) is 3.79. The number of nitrogens with one attached hydrogen (secondary N) is 1. The molecule has 1 aliphatic carbocycles. The molecule has 0 saturated heterocycles. The molecule has 0 bridgehead atoms. The van der Waals surface area contributed by atoms with Crippen LogP contribution < -0.4 is 10.1 Å². The van der Waals surface area contributed by atoms with Gasteiger partial charge in [0.15, 0.2) is 0 Å². The molecule has 2 aromatic rings. The van der Waals surface area contributed by atoms with Crippen LogP contribution in [-0.2, 0) is 6.54 Å². The van der Waals surface area contributed by atoms with Gasteiger partial charge in [-0.2, -0.15) is 0 Å². The van der Waals surface area contributed by atoms with E-state index in [1.165, 1.54) is 16.3 Å². The van der Waals surface area contributed by atoms with E-state index in [-0.39, 0.29) is 0 Å². The Morgan fingerprint density at radius 1 is 1.11 bits per heavy atom. The number of rotatable bonds is 4. The van der Waals surface area contributed by atoms with E-state index in [9.17, 15) is 0 Å². The normalized spacial score (nSPS) is 15.2. The second-order valence-corrected chi connectivity index (χ2v) is 4.99. The molecular weight excluding hydrogens is 234 g/mol. The highest BCUT2D eigenvalue weighted by molar-refractivity contribution is 5.87. The summed E-state index contributed by atoms with van der Waals surface area (Å²) < 4.78 is 5.51. The summed E-state index contributed by atoms with van der Waals surface area (Å²) in [5.41, 5.74) is 1.26.